The van der Waals surface area contributed by atoms with Gasteiger partial charge in [-0.05, 0) is 50.5 Å². The fourth-order valence-corrected chi connectivity index (χ4v) is 4.08. The molecule has 0 saturated carbocycles. The molecule has 0 radical (unpaired) electrons. The summed E-state index contributed by atoms with van der Waals surface area (Å²) in [6.07, 6.45) is 0.519. The van der Waals surface area contributed by atoms with Gasteiger partial charge < -0.3 is 10.6 Å². The van der Waals surface area contributed by atoms with E-state index >= 15 is 0 Å². The van der Waals surface area contributed by atoms with E-state index in [9.17, 15) is 8.42 Å². The smallest absolute Gasteiger partial charge is 0.191 e. The highest BCUT2D eigenvalue weighted by Gasteiger charge is 2.13. The van der Waals surface area contributed by atoms with E-state index in [2.05, 4.69) is 47.7 Å². The molecule has 0 amide bonds. The number of rotatable bonds is 8. The van der Waals surface area contributed by atoms with Crippen molar-refractivity contribution in [2.45, 2.75) is 38.6 Å². The Labute approximate surface area is 162 Å². The van der Waals surface area contributed by atoms with Crippen LogP contribution in [0.3, 0.4) is 0 Å². The van der Waals surface area contributed by atoms with Crippen molar-refractivity contribution in [3.05, 3.63) is 65.2 Å². The van der Waals surface area contributed by atoms with E-state index in [-0.39, 0.29) is 5.75 Å². The zero-order valence-electron chi connectivity index (χ0n) is 16.3. The van der Waals surface area contributed by atoms with Gasteiger partial charge in [0, 0.05) is 13.1 Å². The quantitative estimate of drug-likeness (QED) is 0.414. The summed E-state index contributed by atoms with van der Waals surface area (Å²) >= 11 is 0. The predicted molar refractivity (Wildman–Crippen MR) is 112 cm³/mol. The largest absolute Gasteiger partial charge is 0.357 e. The van der Waals surface area contributed by atoms with E-state index in [0.717, 1.165) is 6.54 Å². The van der Waals surface area contributed by atoms with Crippen LogP contribution in [0.25, 0.3) is 0 Å². The molecule has 0 aromatic heterocycles. The van der Waals surface area contributed by atoms with Crippen molar-refractivity contribution in [2.24, 2.45) is 4.99 Å². The molecule has 0 aliphatic rings. The standard InChI is InChI=1S/C21H29N3O2S/c1-4-22-21(24-16-19-12-11-17(2)15-18(19)3)23-13-8-14-27(25,26)20-9-6-5-7-10-20/h5-7,9-12,15H,4,8,13-14,16H2,1-3H3,(H2,22,23,24). The van der Waals surface area contributed by atoms with Gasteiger partial charge in [-0.3, -0.25) is 0 Å². The molecule has 2 rings (SSSR count). The van der Waals surface area contributed by atoms with Gasteiger partial charge in [0.25, 0.3) is 0 Å². The van der Waals surface area contributed by atoms with Crippen LogP contribution in [-0.2, 0) is 16.4 Å². The summed E-state index contributed by atoms with van der Waals surface area (Å²) < 4.78 is 24.6. The number of nitrogens with one attached hydrogen (secondary N) is 2. The van der Waals surface area contributed by atoms with Crippen molar-refractivity contribution in [3.8, 4) is 0 Å². The molecule has 146 valence electrons. The van der Waals surface area contributed by atoms with Gasteiger partial charge in [-0.2, -0.15) is 0 Å². The Bertz CT molecular complexity index is 862. The average Bonchev–Trinajstić information content (AvgIpc) is 2.65. The molecular weight excluding hydrogens is 358 g/mol. The van der Waals surface area contributed by atoms with Gasteiger partial charge in [-0.1, -0.05) is 42.0 Å². The number of sulfone groups is 1. The third-order valence-corrected chi connectivity index (χ3v) is 6.05. The number of hydrogen-bond acceptors (Lipinski definition) is 3. The van der Waals surface area contributed by atoms with Gasteiger partial charge in [-0.15, -0.1) is 0 Å². The van der Waals surface area contributed by atoms with Crippen molar-refractivity contribution in [1.82, 2.24) is 10.6 Å². The Kier molecular flexibility index (Phi) is 7.85. The first kappa shape index (κ1) is 21.0. The second-order valence-electron chi connectivity index (χ2n) is 6.54. The molecule has 0 saturated heterocycles. The number of aryl methyl sites for hydroxylation is 2. The molecule has 0 unspecified atom stereocenters. The van der Waals surface area contributed by atoms with Crippen LogP contribution in [0.1, 0.15) is 30.0 Å². The molecule has 0 aliphatic carbocycles. The van der Waals surface area contributed by atoms with E-state index in [1.54, 1.807) is 24.3 Å². The van der Waals surface area contributed by atoms with Crippen LogP contribution in [0.4, 0.5) is 0 Å². The van der Waals surface area contributed by atoms with Gasteiger partial charge in [0.1, 0.15) is 0 Å². The minimum atomic E-state index is -3.24. The molecule has 0 heterocycles. The highest BCUT2D eigenvalue weighted by Crippen LogP contribution is 2.12. The summed E-state index contributed by atoms with van der Waals surface area (Å²) in [5.41, 5.74) is 3.65. The molecule has 0 bridgehead atoms. The van der Waals surface area contributed by atoms with E-state index in [4.69, 9.17) is 0 Å². The van der Waals surface area contributed by atoms with Gasteiger partial charge in [-0.25, -0.2) is 13.4 Å². The number of benzene rings is 2. The Morgan fingerprint density at radius 3 is 2.44 bits per heavy atom. The number of nitrogens with zero attached hydrogens (tertiary/aromatic N) is 1. The molecule has 27 heavy (non-hydrogen) atoms. The van der Waals surface area contributed by atoms with E-state index < -0.39 is 9.84 Å². The Morgan fingerprint density at radius 2 is 1.78 bits per heavy atom. The number of hydrogen-bond donors (Lipinski definition) is 2. The first-order chi connectivity index (χ1) is 12.9. The predicted octanol–water partition coefficient (Wildman–Crippen LogP) is 3.22. The lowest BCUT2D eigenvalue weighted by Crippen LogP contribution is -2.38. The summed E-state index contributed by atoms with van der Waals surface area (Å²) in [5, 5.41) is 6.42. The molecule has 2 aromatic rings. The van der Waals surface area contributed by atoms with Crippen LogP contribution < -0.4 is 10.6 Å². The van der Waals surface area contributed by atoms with Gasteiger partial charge in [0.15, 0.2) is 15.8 Å². The van der Waals surface area contributed by atoms with E-state index in [1.165, 1.54) is 16.7 Å². The van der Waals surface area contributed by atoms with Crippen molar-refractivity contribution in [3.63, 3.8) is 0 Å². The highest BCUT2D eigenvalue weighted by molar-refractivity contribution is 7.91. The summed E-state index contributed by atoms with van der Waals surface area (Å²) in [5.74, 6) is 0.815. The lowest BCUT2D eigenvalue weighted by molar-refractivity contribution is 0.592. The van der Waals surface area contributed by atoms with Crippen molar-refractivity contribution >= 4 is 15.8 Å². The van der Waals surface area contributed by atoms with Crippen LogP contribution in [0.2, 0.25) is 0 Å². The molecule has 2 N–H and O–H groups in total. The third-order valence-electron chi connectivity index (χ3n) is 4.23. The third kappa shape index (κ3) is 6.71. The van der Waals surface area contributed by atoms with E-state index in [0.29, 0.717) is 30.4 Å². The highest BCUT2D eigenvalue weighted by atomic mass is 32.2. The average molecular weight is 388 g/mol. The molecular formula is C21H29N3O2S. The van der Waals surface area contributed by atoms with E-state index in [1.807, 2.05) is 13.0 Å². The Hall–Kier alpha value is -2.34. The summed E-state index contributed by atoms with van der Waals surface area (Å²) in [6, 6.07) is 14.9. The van der Waals surface area contributed by atoms with Crippen LogP contribution in [-0.4, -0.2) is 33.2 Å². The molecule has 2 aromatic carbocycles. The molecule has 5 nitrogen and oxygen atoms in total. The maximum Gasteiger partial charge on any atom is 0.191 e. The van der Waals surface area contributed by atoms with Gasteiger partial charge in [0.2, 0.25) is 0 Å². The fraction of sp³-hybridized carbons (Fsp3) is 0.381. The first-order valence-corrected chi connectivity index (χ1v) is 10.9. The Morgan fingerprint density at radius 1 is 1.04 bits per heavy atom. The lowest BCUT2D eigenvalue weighted by atomic mass is 10.1. The summed E-state index contributed by atoms with van der Waals surface area (Å²) in [4.78, 5) is 4.99. The van der Waals surface area contributed by atoms with Crippen LogP contribution >= 0.6 is 0 Å². The maximum absolute atomic E-state index is 12.3. The molecule has 0 aliphatic heterocycles. The first-order valence-electron chi connectivity index (χ1n) is 9.28. The maximum atomic E-state index is 12.3. The molecule has 0 fully saturated rings. The number of aliphatic imine (C=N–C) groups is 1. The minimum Gasteiger partial charge on any atom is -0.357 e. The minimum absolute atomic E-state index is 0.112. The fourth-order valence-electron chi connectivity index (χ4n) is 2.74. The normalized spacial score (nSPS) is 12.0. The monoisotopic (exact) mass is 387 g/mol. The zero-order valence-corrected chi connectivity index (χ0v) is 17.1. The van der Waals surface area contributed by atoms with Crippen molar-refractivity contribution in [2.75, 3.05) is 18.8 Å². The second-order valence-corrected chi connectivity index (χ2v) is 8.65. The van der Waals surface area contributed by atoms with Crippen molar-refractivity contribution in [1.29, 1.82) is 0 Å². The van der Waals surface area contributed by atoms with Crippen LogP contribution in [0.15, 0.2) is 58.4 Å². The number of guanidine groups is 1. The molecule has 0 spiro atoms. The van der Waals surface area contributed by atoms with Crippen LogP contribution in [0, 0.1) is 13.8 Å². The van der Waals surface area contributed by atoms with Crippen molar-refractivity contribution < 1.29 is 8.42 Å². The SMILES string of the molecule is CCNC(=NCc1ccc(C)cc1C)NCCCS(=O)(=O)c1ccccc1. The van der Waals surface area contributed by atoms with Crippen LogP contribution in [0.5, 0.6) is 0 Å². The lowest BCUT2D eigenvalue weighted by Gasteiger charge is -2.12. The summed E-state index contributed by atoms with van der Waals surface area (Å²) in [7, 11) is -3.24. The topological polar surface area (TPSA) is 70.6 Å². The van der Waals surface area contributed by atoms with Gasteiger partial charge in [0.05, 0.1) is 17.2 Å². The van der Waals surface area contributed by atoms with Gasteiger partial charge >= 0.3 is 0 Å². The summed E-state index contributed by atoms with van der Waals surface area (Å²) in [6.45, 7) is 8.06. The second kappa shape index (κ2) is 10.1. The molecule has 6 heteroatoms. The zero-order chi connectivity index (χ0) is 19.7. The molecule has 0 atom stereocenters. The Balaban J connectivity index is 1.88.